The lowest BCUT2D eigenvalue weighted by Crippen LogP contribution is -2.52. The third-order valence-electron chi connectivity index (χ3n) is 7.96. The van der Waals surface area contributed by atoms with Gasteiger partial charge in [-0.15, -0.1) is 0 Å². The van der Waals surface area contributed by atoms with E-state index in [0.717, 1.165) is 40.7 Å². The van der Waals surface area contributed by atoms with Gasteiger partial charge in [0.25, 0.3) is 29.1 Å². The number of non-ortho nitro benzene ring substituents is 2. The number of hydrogen-bond acceptors (Lipinski definition) is 10. The molecule has 45 heavy (non-hydrogen) atoms. The van der Waals surface area contributed by atoms with Crippen molar-refractivity contribution in [3.8, 4) is 5.75 Å². The summed E-state index contributed by atoms with van der Waals surface area (Å²) < 4.78 is 5.28. The van der Waals surface area contributed by atoms with Crippen LogP contribution in [-0.2, 0) is 9.59 Å². The van der Waals surface area contributed by atoms with Crippen molar-refractivity contribution < 1.29 is 38.6 Å². The average Bonchev–Trinajstić information content (AvgIpc) is 3.27. The van der Waals surface area contributed by atoms with Crippen LogP contribution in [0.3, 0.4) is 0 Å². The second-order valence-corrected chi connectivity index (χ2v) is 10.9. The van der Waals surface area contributed by atoms with E-state index in [0.29, 0.717) is 12.8 Å². The second-order valence-electron chi connectivity index (χ2n) is 10.9. The van der Waals surface area contributed by atoms with Crippen LogP contribution >= 0.6 is 0 Å². The van der Waals surface area contributed by atoms with E-state index in [9.17, 15) is 44.2 Å². The van der Waals surface area contributed by atoms with Crippen LogP contribution in [0.5, 0.6) is 5.75 Å². The number of hydrogen-bond donors (Lipinski definition) is 0. The van der Waals surface area contributed by atoms with E-state index in [1.54, 1.807) is 0 Å². The van der Waals surface area contributed by atoms with Gasteiger partial charge in [-0.2, -0.15) is 5.01 Å². The Bertz CT molecular complexity index is 1700. The van der Waals surface area contributed by atoms with Gasteiger partial charge >= 0.3 is 5.97 Å². The van der Waals surface area contributed by atoms with Crippen molar-refractivity contribution in [2.45, 2.75) is 26.2 Å². The number of ketones is 1. The van der Waals surface area contributed by atoms with Crippen molar-refractivity contribution in [2.24, 2.45) is 17.8 Å². The van der Waals surface area contributed by atoms with Crippen LogP contribution in [0.2, 0.25) is 0 Å². The molecule has 1 saturated carbocycles. The zero-order valence-corrected chi connectivity index (χ0v) is 23.9. The maximum atomic E-state index is 13.7. The Hall–Kier alpha value is -5.79. The highest BCUT2D eigenvalue weighted by Crippen LogP contribution is 2.41. The number of hydrazine groups is 1. The molecule has 230 valence electrons. The largest absolute Gasteiger partial charge is 0.423 e. The molecule has 0 N–H and O–H groups in total. The number of nitro benzene ring substituents is 2. The Morgan fingerprint density at radius 2 is 1.29 bits per heavy atom. The quantitative estimate of drug-likeness (QED) is 0.0835. The molecule has 1 aliphatic heterocycles. The number of esters is 1. The van der Waals surface area contributed by atoms with Crippen molar-refractivity contribution in [2.75, 3.05) is 6.54 Å². The summed E-state index contributed by atoms with van der Waals surface area (Å²) in [5.41, 5.74) is -0.378. The molecule has 3 aromatic rings. The van der Waals surface area contributed by atoms with Gasteiger partial charge in [-0.3, -0.25) is 39.4 Å². The SMILES string of the molecule is C[C@@H]1CC[C@H]2C(=O)N(N(CC(=O)c3ccc(OC(=O)c4ccc([N+](=O)[O-])cc4)cc3)C(=O)c3ccc([N+](=O)[O-])cc3)C(=O)[C@H]2C1. The molecule has 0 aromatic heterocycles. The van der Waals surface area contributed by atoms with E-state index in [4.69, 9.17) is 4.74 Å². The van der Waals surface area contributed by atoms with Gasteiger partial charge in [0.1, 0.15) is 12.3 Å². The van der Waals surface area contributed by atoms with Gasteiger partial charge < -0.3 is 4.74 Å². The summed E-state index contributed by atoms with van der Waals surface area (Å²) in [5.74, 6) is -4.39. The number of imide groups is 1. The molecular formula is C31H26N4O10. The molecule has 3 aromatic carbocycles. The fraction of sp³-hybridized carbons (Fsp3) is 0.258. The summed E-state index contributed by atoms with van der Waals surface area (Å²) in [6.07, 6.45) is 1.68. The highest BCUT2D eigenvalue weighted by Gasteiger charge is 2.52. The van der Waals surface area contributed by atoms with E-state index < -0.39 is 57.7 Å². The lowest BCUT2D eigenvalue weighted by molar-refractivity contribution is -0.385. The van der Waals surface area contributed by atoms with Crippen LogP contribution in [0.4, 0.5) is 11.4 Å². The summed E-state index contributed by atoms with van der Waals surface area (Å²) in [7, 11) is 0. The molecular weight excluding hydrogens is 588 g/mol. The van der Waals surface area contributed by atoms with Crippen molar-refractivity contribution in [1.29, 1.82) is 0 Å². The van der Waals surface area contributed by atoms with Crippen LogP contribution in [-0.4, -0.2) is 55.9 Å². The summed E-state index contributed by atoms with van der Waals surface area (Å²) in [6, 6.07) is 14.7. The highest BCUT2D eigenvalue weighted by molar-refractivity contribution is 6.09. The molecule has 2 fully saturated rings. The van der Waals surface area contributed by atoms with Crippen molar-refractivity contribution in [3.05, 3.63) is 110 Å². The minimum atomic E-state index is -0.861. The fourth-order valence-corrected chi connectivity index (χ4v) is 5.54. The molecule has 3 atom stereocenters. The first-order valence-corrected chi connectivity index (χ1v) is 14.0. The average molecular weight is 615 g/mol. The van der Waals surface area contributed by atoms with Crippen molar-refractivity contribution in [3.63, 3.8) is 0 Å². The van der Waals surface area contributed by atoms with Gasteiger partial charge in [-0.1, -0.05) is 6.92 Å². The van der Waals surface area contributed by atoms with Crippen molar-refractivity contribution in [1.82, 2.24) is 10.0 Å². The summed E-state index contributed by atoms with van der Waals surface area (Å²) in [6.45, 7) is 1.29. The van der Waals surface area contributed by atoms with E-state index in [-0.39, 0.29) is 39.7 Å². The third kappa shape index (κ3) is 6.30. The number of ether oxygens (including phenoxy) is 1. The van der Waals surface area contributed by atoms with E-state index >= 15 is 0 Å². The van der Waals surface area contributed by atoms with Crippen LogP contribution < -0.4 is 4.74 Å². The Kier molecular flexibility index (Phi) is 8.48. The zero-order chi connectivity index (χ0) is 32.4. The highest BCUT2D eigenvalue weighted by atomic mass is 16.6. The number of nitro groups is 2. The van der Waals surface area contributed by atoms with Gasteiger partial charge in [0.15, 0.2) is 5.78 Å². The Morgan fingerprint density at radius 3 is 1.84 bits per heavy atom. The van der Waals surface area contributed by atoms with Crippen LogP contribution in [0, 0.1) is 38.0 Å². The molecule has 5 rings (SSSR count). The maximum absolute atomic E-state index is 13.7. The molecule has 14 heteroatoms. The van der Waals surface area contributed by atoms with Crippen LogP contribution in [0.15, 0.2) is 72.8 Å². The second kappa shape index (κ2) is 12.4. The van der Waals surface area contributed by atoms with Crippen molar-refractivity contribution >= 4 is 40.8 Å². The van der Waals surface area contributed by atoms with E-state index in [1.165, 1.54) is 48.5 Å². The van der Waals surface area contributed by atoms with Gasteiger partial charge in [-0.25, -0.2) is 9.80 Å². The van der Waals surface area contributed by atoms with Crippen LogP contribution in [0.25, 0.3) is 0 Å². The molecule has 0 bridgehead atoms. The first kappa shape index (κ1) is 30.7. The number of benzene rings is 3. The third-order valence-corrected chi connectivity index (χ3v) is 7.96. The monoisotopic (exact) mass is 614 g/mol. The minimum Gasteiger partial charge on any atom is -0.423 e. The molecule has 14 nitrogen and oxygen atoms in total. The molecule has 0 unspecified atom stereocenters. The molecule has 3 amide bonds. The van der Waals surface area contributed by atoms with Crippen LogP contribution in [0.1, 0.15) is 57.3 Å². The molecule has 2 aliphatic rings. The minimum absolute atomic E-state index is 0.0641. The number of carbonyl (C=O) groups excluding carboxylic acids is 5. The topological polar surface area (TPSA) is 187 Å². The summed E-state index contributed by atoms with van der Waals surface area (Å²) in [5, 5.41) is 23.5. The summed E-state index contributed by atoms with van der Waals surface area (Å²) in [4.78, 5) is 87.1. The van der Waals surface area contributed by atoms with Gasteiger partial charge in [-0.05, 0) is 73.7 Å². The zero-order valence-electron chi connectivity index (χ0n) is 23.9. The lowest BCUT2D eigenvalue weighted by Gasteiger charge is -2.30. The Morgan fingerprint density at radius 1 is 0.778 bits per heavy atom. The maximum Gasteiger partial charge on any atom is 0.343 e. The Balaban J connectivity index is 1.36. The van der Waals surface area contributed by atoms with Gasteiger partial charge in [0, 0.05) is 35.4 Å². The molecule has 0 radical (unpaired) electrons. The number of amides is 3. The first-order valence-electron chi connectivity index (χ1n) is 14.0. The number of fused-ring (bicyclic) bond motifs is 1. The normalized spacial score (nSPS) is 19.0. The first-order chi connectivity index (χ1) is 21.4. The number of nitrogens with zero attached hydrogens (tertiary/aromatic N) is 4. The molecule has 1 heterocycles. The lowest BCUT2D eigenvalue weighted by atomic mass is 9.76. The molecule has 1 saturated heterocycles. The Labute approximate surface area is 255 Å². The predicted molar refractivity (Wildman–Crippen MR) is 155 cm³/mol. The smallest absolute Gasteiger partial charge is 0.343 e. The standard InChI is InChI=1S/C31H26N4O10/c1-18-2-15-25-26(16-18)30(39)33(29(25)38)32(28(37)20-3-9-22(10-4-20)34(41)42)17-27(36)19-7-13-24(14-8-19)45-31(40)21-5-11-23(12-6-21)35(43)44/h3-14,18,25-26H,2,15-17H2,1H3/t18-,25-,26+/m1/s1. The number of rotatable bonds is 9. The predicted octanol–water partition coefficient (Wildman–Crippen LogP) is 4.38. The number of Topliss-reactive ketones (excluding diaryl/α,β-unsaturated/α-hetero) is 1. The summed E-state index contributed by atoms with van der Waals surface area (Å²) >= 11 is 0. The number of carbonyl (C=O) groups is 5. The van der Waals surface area contributed by atoms with Gasteiger partial charge in [0.05, 0.1) is 27.2 Å². The molecule has 0 spiro atoms. The van der Waals surface area contributed by atoms with Gasteiger partial charge in [0.2, 0.25) is 0 Å². The fourth-order valence-electron chi connectivity index (χ4n) is 5.54. The van der Waals surface area contributed by atoms with E-state index in [1.807, 2.05) is 6.92 Å². The molecule has 1 aliphatic carbocycles. The van der Waals surface area contributed by atoms with E-state index in [2.05, 4.69) is 0 Å².